The Morgan fingerprint density at radius 2 is 1.88 bits per heavy atom. The second kappa shape index (κ2) is 9.25. The van der Waals surface area contributed by atoms with Crippen LogP contribution in [0.25, 0.3) is 5.70 Å². The number of amides is 2. The first kappa shape index (κ1) is 22.4. The minimum absolute atomic E-state index is 0.0265. The van der Waals surface area contributed by atoms with Crippen molar-refractivity contribution in [2.75, 3.05) is 20.8 Å². The van der Waals surface area contributed by atoms with Crippen molar-refractivity contribution in [2.45, 2.75) is 13.0 Å². The maximum absolute atomic E-state index is 12.9. The number of nitrogens with one attached hydrogen (secondary N) is 2. The molecular formula is C21H21N3O8. The lowest BCUT2D eigenvalue weighted by molar-refractivity contribution is -0.386. The van der Waals surface area contributed by atoms with Gasteiger partial charge in [-0.25, -0.2) is 9.59 Å². The second-order valence-corrected chi connectivity index (χ2v) is 6.62. The molecule has 3 rings (SSSR count). The summed E-state index contributed by atoms with van der Waals surface area (Å²) in [5.41, 5.74) is 0.207. The monoisotopic (exact) mass is 443 g/mol. The lowest BCUT2D eigenvalue weighted by Crippen LogP contribution is -2.45. The van der Waals surface area contributed by atoms with E-state index in [1.165, 1.54) is 20.3 Å². The van der Waals surface area contributed by atoms with Crippen LogP contribution in [0.5, 0.6) is 17.2 Å². The van der Waals surface area contributed by atoms with Gasteiger partial charge in [0, 0.05) is 6.07 Å². The molecule has 1 aliphatic heterocycles. The summed E-state index contributed by atoms with van der Waals surface area (Å²) >= 11 is 0. The van der Waals surface area contributed by atoms with Crippen molar-refractivity contribution < 1.29 is 33.8 Å². The van der Waals surface area contributed by atoms with Gasteiger partial charge in [-0.3, -0.25) is 10.1 Å². The van der Waals surface area contributed by atoms with E-state index >= 15 is 0 Å². The third-order valence-electron chi connectivity index (χ3n) is 4.77. The molecule has 0 fully saturated rings. The molecule has 0 saturated heterocycles. The number of hydrogen-bond donors (Lipinski definition) is 3. The van der Waals surface area contributed by atoms with Gasteiger partial charge in [0.15, 0.2) is 5.75 Å². The number of rotatable bonds is 7. The summed E-state index contributed by atoms with van der Waals surface area (Å²) in [4.78, 5) is 36.0. The largest absolute Gasteiger partial charge is 0.500 e. The maximum atomic E-state index is 12.9. The van der Waals surface area contributed by atoms with Crippen LogP contribution in [-0.2, 0) is 9.53 Å². The zero-order chi connectivity index (χ0) is 23.4. The van der Waals surface area contributed by atoms with Gasteiger partial charge in [0.2, 0.25) is 5.75 Å². The quantitative estimate of drug-likeness (QED) is 0.336. The standard InChI is InChI=1S/C21H21N3O8/c1-4-32-20(26)16-17(11-5-7-13(30-2)8-6-11)22-21(27)23-18(16)12-9-14(24(28)29)19(25)15(10-12)31-3/h5-10,18,25H,4H2,1-3H3,(H2,22,23,27). The van der Waals surface area contributed by atoms with Crippen LogP contribution < -0.4 is 20.1 Å². The number of carbonyl (C=O) groups excluding carboxylic acids is 2. The second-order valence-electron chi connectivity index (χ2n) is 6.62. The zero-order valence-electron chi connectivity index (χ0n) is 17.5. The number of hydrogen-bond acceptors (Lipinski definition) is 8. The van der Waals surface area contributed by atoms with E-state index in [1.807, 2.05) is 0 Å². The van der Waals surface area contributed by atoms with E-state index in [2.05, 4.69) is 10.6 Å². The molecule has 0 radical (unpaired) electrons. The Balaban J connectivity index is 2.25. The first-order valence-corrected chi connectivity index (χ1v) is 9.49. The molecule has 1 unspecified atom stereocenters. The third kappa shape index (κ3) is 4.26. The van der Waals surface area contributed by atoms with E-state index in [1.54, 1.807) is 31.2 Å². The van der Waals surface area contributed by atoms with Crippen LogP contribution in [0.15, 0.2) is 42.0 Å². The number of nitrogens with zero attached hydrogens (tertiary/aromatic N) is 1. The number of urea groups is 1. The highest BCUT2D eigenvalue weighted by Crippen LogP contribution is 2.41. The summed E-state index contributed by atoms with van der Waals surface area (Å²) in [5.74, 6) is -1.01. The number of benzene rings is 2. The Labute approximate surface area is 182 Å². The van der Waals surface area contributed by atoms with E-state index in [0.717, 1.165) is 6.07 Å². The van der Waals surface area contributed by atoms with E-state index in [4.69, 9.17) is 14.2 Å². The molecule has 0 saturated carbocycles. The number of phenolic OH excluding ortho intramolecular Hbond substituents is 1. The highest BCUT2D eigenvalue weighted by molar-refractivity contribution is 6.04. The van der Waals surface area contributed by atoms with Gasteiger partial charge < -0.3 is 30.0 Å². The lowest BCUT2D eigenvalue weighted by Gasteiger charge is -2.29. The SMILES string of the molecule is CCOC(=O)C1=C(c2ccc(OC)cc2)NC(=O)NC1c1cc(OC)c(O)c([N+](=O)[O-])c1. The molecule has 11 nitrogen and oxygen atoms in total. The number of ether oxygens (including phenoxy) is 3. The van der Waals surface area contributed by atoms with Crippen molar-refractivity contribution in [2.24, 2.45) is 0 Å². The number of nitro benzene ring substituents is 1. The van der Waals surface area contributed by atoms with Crippen molar-refractivity contribution in [3.63, 3.8) is 0 Å². The molecule has 1 atom stereocenters. The summed E-state index contributed by atoms with van der Waals surface area (Å²) in [7, 11) is 2.74. The number of carbonyl (C=O) groups is 2. The van der Waals surface area contributed by atoms with Gasteiger partial charge in [-0.1, -0.05) is 0 Å². The zero-order valence-corrected chi connectivity index (χ0v) is 17.5. The minimum atomic E-state index is -1.12. The van der Waals surface area contributed by atoms with Crippen LogP contribution in [0.3, 0.4) is 0 Å². The molecular weight excluding hydrogens is 422 g/mol. The van der Waals surface area contributed by atoms with Gasteiger partial charge in [-0.05, 0) is 48.4 Å². The number of phenols is 1. The van der Waals surface area contributed by atoms with Gasteiger partial charge >= 0.3 is 17.7 Å². The average Bonchev–Trinajstić information content (AvgIpc) is 2.78. The summed E-state index contributed by atoms with van der Waals surface area (Å²) in [6, 6.07) is 7.23. The Morgan fingerprint density at radius 3 is 2.44 bits per heavy atom. The first-order valence-electron chi connectivity index (χ1n) is 9.49. The van der Waals surface area contributed by atoms with Gasteiger partial charge in [-0.15, -0.1) is 0 Å². The summed E-state index contributed by atoms with van der Waals surface area (Å²) < 4.78 is 15.4. The molecule has 0 aromatic heterocycles. The van der Waals surface area contributed by atoms with Gasteiger partial charge in [0.05, 0.1) is 43.1 Å². The Morgan fingerprint density at radius 1 is 1.19 bits per heavy atom. The number of esters is 1. The normalized spacial score (nSPS) is 15.5. The molecule has 2 amide bonds. The Kier molecular flexibility index (Phi) is 6.47. The van der Waals surface area contributed by atoms with Crippen LogP contribution in [0, 0.1) is 10.1 Å². The van der Waals surface area contributed by atoms with E-state index < -0.39 is 34.4 Å². The summed E-state index contributed by atoms with van der Waals surface area (Å²) in [5, 5.41) is 26.7. The Bertz CT molecular complexity index is 1090. The lowest BCUT2D eigenvalue weighted by atomic mass is 9.92. The van der Waals surface area contributed by atoms with Crippen LogP contribution in [0.2, 0.25) is 0 Å². The molecule has 0 aliphatic carbocycles. The Hall–Kier alpha value is -4.28. The predicted octanol–water partition coefficient (Wildman–Crippen LogP) is 2.65. The fourth-order valence-electron chi connectivity index (χ4n) is 3.30. The van der Waals surface area contributed by atoms with E-state index in [-0.39, 0.29) is 29.2 Å². The van der Waals surface area contributed by atoms with E-state index in [0.29, 0.717) is 11.3 Å². The molecule has 2 aromatic rings. The van der Waals surface area contributed by atoms with Crippen molar-refractivity contribution in [3.05, 3.63) is 63.2 Å². The van der Waals surface area contributed by atoms with Gasteiger partial charge in [0.25, 0.3) is 0 Å². The first-order chi connectivity index (χ1) is 15.3. The summed E-state index contributed by atoms with van der Waals surface area (Å²) in [6.45, 7) is 1.70. The number of methoxy groups -OCH3 is 2. The number of aromatic hydroxyl groups is 1. The summed E-state index contributed by atoms with van der Waals surface area (Å²) in [6.07, 6.45) is 0. The minimum Gasteiger partial charge on any atom is -0.500 e. The highest BCUT2D eigenvalue weighted by Gasteiger charge is 2.36. The molecule has 11 heteroatoms. The fourth-order valence-corrected chi connectivity index (χ4v) is 3.30. The topological polar surface area (TPSA) is 149 Å². The molecule has 1 heterocycles. The maximum Gasteiger partial charge on any atom is 0.338 e. The highest BCUT2D eigenvalue weighted by atomic mass is 16.6. The molecule has 3 N–H and O–H groups in total. The van der Waals surface area contributed by atoms with Crippen LogP contribution in [0.1, 0.15) is 24.1 Å². The fraction of sp³-hybridized carbons (Fsp3) is 0.238. The third-order valence-corrected chi connectivity index (χ3v) is 4.77. The van der Waals surface area contributed by atoms with Crippen LogP contribution >= 0.6 is 0 Å². The van der Waals surface area contributed by atoms with Crippen molar-refractivity contribution in [1.29, 1.82) is 0 Å². The van der Waals surface area contributed by atoms with Crippen LogP contribution in [-0.4, -0.2) is 42.9 Å². The van der Waals surface area contributed by atoms with Crippen molar-refractivity contribution >= 4 is 23.4 Å². The van der Waals surface area contributed by atoms with Crippen molar-refractivity contribution in [3.8, 4) is 17.2 Å². The van der Waals surface area contributed by atoms with Gasteiger partial charge in [-0.2, -0.15) is 0 Å². The van der Waals surface area contributed by atoms with Crippen LogP contribution in [0.4, 0.5) is 10.5 Å². The molecule has 168 valence electrons. The molecule has 2 aromatic carbocycles. The molecule has 0 spiro atoms. The molecule has 1 aliphatic rings. The molecule has 0 bridgehead atoms. The predicted molar refractivity (Wildman–Crippen MR) is 112 cm³/mol. The van der Waals surface area contributed by atoms with Gasteiger partial charge in [0.1, 0.15) is 5.75 Å². The number of nitro groups is 1. The van der Waals surface area contributed by atoms with Crippen molar-refractivity contribution in [1.82, 2.24) is 10.6 Å². The average molecular weight is 443 g/mol. The molecule has 32 heavy (non-hydrogen) atoms. The smallest absolute Gasteiger partial charge is 0.338 e. The van der Waals surface area contributed by atoms with E-state index in [9.17, 15) is 24.8 Å².